The van der Waals surface area contributed by atoms with E-state index in [0.717, 1.165) is 6.54 Å². The fourth-order valence-corrected chi connectivity index (χ4v) is 2.32. The molecular formula is C17H21N. The van der Waals surface area contributed by atoms with Crippen molar-refractivity contribution in [1.82, 2.24) is 5.32 Å². The van der Waals surface area contributed by atoms with Crippen molar-refractivity contribution in [3.63, 3.8) is 0 Å². The van der Waals surface area contributed by atoms with Gasteiger partial charge in [0.25, 0.3) is 0 Å². The zero-order chi connectivity index (χ0) is 12.8. The molecule has 2 aromatic rings. The number of likely N-dealkylation sites (N-methyl/N-ethyl adjacent to an activating group) is 1. The SMILES string of the molecule is CCC(CNC)c1ccc(-c2ccccc2)cc1. The van der Waals surface area contributed by atoms with Gasteiger partial charge in [-0.15, -0.1) is 0 Å². The van der Waals surface area contributed by atoms with Gasteiger partial charge in [0, 0.05) is 6.54 Å². The molecule has 0 radical (unpaired) electrons. The smallest absolute Gasteiger partial charge is 0.00170 e. The average molecular weight is 239 g/mol. The van der Waals surface area contributed by atoms with E-state index in [9.17, 15) is 0 Å². The molecular weight excluding hydrogens is 218 g/mol. The third-order valence-electron chi connectivity index (χ3n) is 3.43. The largest absolute Gasteiger partial charge is 0.319 e. The summed E-state index contributed by atoms with van der Waals surface area (Å²) in [6, 6.07) is 19.5. The Morgan fingerprint density at radius 3 is 2.06 bits per heavy atom. The lowest BCUT2D eigenvalue weighted by molar-refractivity contribution is 0.612. The van der Waals surface area contributed by atoms with Crippen molar-refractivity contribution in [2.75, 3.05) is 13.6 Å². The molecule has 18 heavy (non-hydrogen) atoms. The average Bonchev–Trinajstić information content (AvgIpc) is 2.46. The summed E-state index contributed by atoms with van der Waals surface area (Å²) in [7, 11) is 2.01. The zero-order valence-electron chi connectivity index (χ0n) is 11.2. The van der Waals surface area contributed by atoms with Crippen LogP contribution in [0, 0.1) is 0 Å². The van der Waals surface area contributed by atoms with E-state index < -0.39 is 0 Å². The standard InChI is InChI=1S/C17H21N/c1-3-14(13-18-2)16-9-11-17(12-10-16)15-7-5-4-6-8-15/h4-12,14,18H,3,13H2,1-2H3. The highest BCUT2D eigenvalue weighted by atomic mass is 14.8. The van der Waals surface area contributed by atoms with Crippen molar-refractivity contribution in [3.8, 4) is 11.1 Å². The monoisotopic (exact) mass is 239 g/mol. The van der Waals surface area contributed by atoms with Crippen molar-refractivity contribution in [2.45, 2.75) is 19.3 Å². The van der Waals surface area contributed by atoms with Crippen molar-refractivity contribution >= 4 is 0 Å². The highest BCUT2D eigenvalue weighted by Gasteiger charge is 2.08. The molecule has 2 aromatic carbocycles. The van der Waals surface area contributed by atoms with Crippen LogP contribution in [-0.2, 0) is 0 Å². The van der Waals surface area contributed by atoms with Gasteiger partial charge in [-0.05, 0) is 36.1 Å². The molecule has 0 saturated heterocycles. The minimum absolute atomic E-state index is 0.611. The highest BCUT2D eigenvalue weighted by Crippen LogP contribution is 2.24. The normalized spacial score (nSPS) is 12.3. The van der Waals surface area contributed by atoms with Crippen LogP contribution in [0.15, 0.2) is 54.6 Å². The Kier molecular flexibility index (Phi) is 4.54. The summed E-state index contributed by atoms with van der Waals surface area (Å²) in [5.41, 5.74) is 4.00. The fraction of sp³-hybridized carbons (Fsp3) is 0.294. The Morgan fingerprint density at radius 2 is 1.50 bits per heavy atom. The van der Waals surface area contributed by atoms with E-state index in [1.165, 1.54) is 23.1 Å². The molecule has 0 amide bonds. The minimum atomic E-state index is 0.611. The fourth-order valence-electron chi connectivity index (χ4n) is 2.32. The van der Waals surface area contributed by atoms with Crippen molar-refractivity contribution in [3.05, 3.63) is 60.2 Å². The van der Waals surface area contributed by atoms with Crippen LogP contribution in [0.2, 0.25) is 0 Å². The predicted molar refractivity (Wildman–Crippen MR) is 78.8 cm³/mol. The van der Waals surface area contributed by atoms with Crippen LogP contribution in [0.4, 0.5) is 0 Å². The molecule has 1 unspecified atom stereocenters. The number of hydrogen-bond donors (Lipinski definition) is 1. The summed E-state index contributed by atoms with van der Waals surface area (Å²) in [6.45, 7) is 3.29. The second kappa shape index (κ2) is 6.36. The molecule has 1 heteroatoms. The first-order chi connectivity index (χ1) is 8.85. The van der Waals surface area contributed by atoms with E-state index >= 15 is 0 Å². The Balaban J connectivity index is 2.19. The second-order valence-electron chi connectivity index (χ2n) is 4.65. The Labute approximate surface area is 110 Å². The van der Waals surface area contributed by atoms with E-state index in [-0.39, 0.29) is 0 Å². The van der Waals surface area contributed by atoms with Crippen LogP contribution in [-0.4, -0.2) is 13.6 Å². The molecule has 1 atom stereocenters. The summed E-state index contributed by atoms with van der Waals surface area (Å²) in [5, 5.41) is 3.26. The molecule has 1 nitrogen and oxygen atoms in total. The van der Waals surface area contributed by atoms with Crippen molar-refractivity contribution in [2.24, 2.45) is 0 Å². The Hall–Kier alpha value is -1.60. The van der Waals surface area contributed by atoms with Gasteiger partial charge in [0.1, 0.15) is 0 Å². The van der Waals surface area contributed by atoms with Crippen LogP contribution in [0.25, 0.3) is 11.1 Å². The summed E-state index contributed by atoms with van der Waals surface area (Å²) >= 11 is 0. The van der Waals surface area contributed by atoms with Gasteiger partial charge in [-0.25, -0.2) is 0 Å². The minimum Gasteiger partial charge on any atom is -0.319 e. The van der Waals surface area contributed by atoms with E-state index in [1.54, 1.807) is 0 Å². The first-order valence-electron chi connectivity index (χ1n) is 6.65. The number of nitrogens with one attached hydrogen (secondary N) is 1. The molecule has 1 N–H and O–H groups in total. The van der Waals surface area contributed by atoms with Gasteiger partial charge in [0.15, 0.2) is 0 Å². The lowest BCUT2D eigenvalue weighted by Gasteiger charge is -2.15. The van der Waals surface area contributed by atoms with Gasteiger partial charge >= 0.3 is 0 Å². The van der Waals surface area contributed by atoms with Gasteiger partial charge in [-0.1, -0.05) is 61.5 Å². The number of hydrogen-bond acceptors (Lipinski definition) is 1. The maximum Gasteiger partial charge on any atom is 0.00170 e. The van der Waals surface area contributed by atoms with Crippen molar-refractivity contribution < 1.29 is 0 Å². The molecule has 0 aromatic heterocycles. The lowest BCUT2D eigenvalue weighted by Crippen LogP contribution is -2.16. The second-order valence-corrected chi connectivity index (χ2v) is 4.65. The van der Waals surface area contributed by atoms with E-state index in [0.29, 0.717) is 5.92 Å². The molecule has 0 fully saturated rings. The molecule has 0 bridgehead atoms. The number of benzene rings is 2. The quantitative estimate of drug-likeness (QED) is 0.829. The van der Waals surface area contributed by atoms with Gasteiger partial charge in [0.05, 0.1) is 0 Å². The molecule has 0 saturated carbocycles. The van der Waals surface area contributed by atoms with Gasteiger partial charge in [0.2, 0.25) is 0 Å². The van der Waals surface area contributed by atoms with Gasteiger partial charge in [-0.3, -0.25) is 0 Å². The first-order valence-corrected chi connectivity index (χ1v) is 6.65. The molecule has 0 aliphatic heterocycles. The maximum absolute atomic E-state index is 3.26. The van der Waals surface area contributed by atoms with Crippen LogP contribution in [0.3, 0.4) is 0 Å². The molecule has 0 heterocycles. The molecule has 0 aliphatic carbocycles. The van der Waals surface area contributed by atoms with Crippen molar-refractivity contribution in [1.29, 1.82) is 0 Å². The first kappa shape index (κ1) is 12.8. The van der Waals surface area contributed by atoms with Gasteiger partial charge < -0.3 is 5.32 Å². The van der Waals surface area contributed by atoms with Crippen LogP contribution < -0.4 is 5.32 Å². The van der Waals surface area contributed by atoms with Crippen LogP contribution >= 0.6 is 0 Å². The lowest BCUT2D eigenvalue weighted by atomic mass is 9.94. The van der Waals surface area contributed by atoms with E-state index in [1.807, 2.05) is 7.05 Å². The van der Waals surface area contributed by atoms with E-state index in [4.69, 9.17) is 0 Å². The third-order valence-corrected chi connectivity index (χ3v) is 3.43. The Morgan fingerprint density at radius 1 is 0.889 bits per heavy atom. The van der Waals surface area contributed by atoms with Crippen LogP contribution in [0.5, 0.6) is 0 Å². The molecule has 94 valence electrons. The Bertz CT molecular complexity index is 459. The van der Waals surface area contributed by atoms with Gasteiger partial charge in [-0.2, -0.15) is 0 Å². The summed E-state index contributed by atoms with van der Waals surface area (Å²) < 4.78 is 0. The number of rotatable bonds is 5. The predicted octanol–water partition coefficient (Wildman–Crippen LogP) is 4.07. The molecule has 0 spiro atoms. The summed E-state index contributed by atoms with van der Waals surface area (Å²) in [5.74, 6) is 0.611. The molecule has 2 rings (SSSR count). The third kappa shape index (κ3) is 2.99. The summed E-state index contributed by atoms with van der Waals surface area (Å²) in [4.78, 5) is 0. The zero-order valence-corrected chi connectivity index (χ0v) is 11.2. The topological polar surface area (TPSA) is 12.0 Å². The molecule has 0 aliphatic rings. The highest BCUT2D eigenvalue weighted by molar-refractivity contribution is 5.63. The maximum atomic E-state index is 3.26. The van der Waals surface area contributed by atoms with E-state index in [2.05, 4.69) is 66.8 Å². The van der Waals surface area contributed by atoms with Crippen LogP contribution in [0.1, 0.15) is 24.8 Å². The summed E-state index contributed by atoms with van der Waals surface area (Å²) in [6.07, 6.45) is 1.17.